The van der Waals surface area contributed by atoms with Gasteiger partial charge >= 0.3 is 0 Å². The molecule has 0 radical (unpaired) electrons. The topological polar surface area (TPSA) is 38.9 Å². The summed E-state index contributed by atoms with van der Waals surface area (Å²) in [5.41, 5.74) is 12.8. The minimum absolute atomic E-state index is 0.0348. The summed E-state index contributed by atoms with van der Waals surface area (Å²) in [4.78, 5) is 4.32. The second-order valence-corrected chi connectivity index (χ2v) is 5.50. The fourth-order valence-electron chi connectivity index (χ4n) is 2.82. The van der Waals surface area contributed by atoms with Crippen molar-refractivity contribution in [3.8, 4) is 0 Å². The predicted octanol–water partition coefficient (Wildman–Crippen LogP) is 3.12. The summed E-state index contributed by atoms with van der Waals surface area (Å²) in [5, 5.41) is 0. The van der Waals surface area contributed by atoms with E-state index < -0.39 is 0 Å². The Morgan fingerprint density at radius 1 is 1.16 bits per heavy atom. The Morgan fingerprint density at radius 3 is 2.79 bits per heavy atom. The Hall–Kier alpha value is -1.67. The van der Waals surface area contributed by atoms with Crippen LogP contribution in [0.25, 0.3) is 0 Å². The molecule has 0 amide bonds. The van der Waals surface area contributed by atoms with E-state index in [9.17, 15) is 0 Å². The molecule has 0 bridgehead atoms. The Morgan fingerprint density at radius 2 is 2.00 bits per heavy atom. The molecule has 2 heteroatoms. The van der Waals surface area contributed by atoms with E-state index in [0.717, 1.165) is 17.7 Å². The number of fused-ring (bicyclic) bond motifs is 1. The summed E-state index contributed by atoms with van der Waals surface area (Å²) in [7, 11) is 0. The van der Waals surface area contributed by atoms with Crippen molar-refractivity contribution in [1.82, 2.24) is 4.98 Å². The van der Waals surface area contributed by atoms with Crippen LogP contribution in [0, 0.1) is 6.92 Å². The lowest BCUT2D eigenvalue weighted by atomic mass is 9.98. The third-order valence-electron chi connectivity index (χ3n) is 3.98. The lowest BCUT2D eigenvalue weighted by Crippen LogP contribution is -2.13. The largest absolute Gasteiger partial charge is 0.324 e. The Kier molecular flexibility index (Phi) is 3.34. The van der Waals surface area contributed by atoms with Gasteiger partial charge in [0.15, 0.2) is 0 Å². The number of rotatable bonds is 3. The van der Waals surface area contributed by atoms with E-state index in [1.54, 1.807) is 0 Å². The molecular formula is C17H20N2. The third-order valence-corrected chi connectivity index (χ3v) is 3.98. The van der Waals surface area contributed by atoms with Crippen molar-refractivity contribution in [3.63, 3.8) is 0 Å². The maximum absolute atomic E-state index is 6.28. The summed E-state index contributed by atoms with van der Waals surface area (Å²) in [5.74, 6) is 0. The van der Waals surface area contributed by atoms with Gasteiger partial charge in [0.1, 0.15) is 0 Å². The summed E-state index contributed by atoms with van der Waals surface area (Å²) < 4.78 is 0. The monoisotopic (exact) mass is 252 g/mol. The second-order valence-electron chi connectivity index (χ2n) is 5.50. The molecule has 1 atom stereocenters. The van der Waals surface area contributed by atoms with Gasteiger partial charge in [-0.2, -0.15) is 0 Å². The molecule has 98 valence electrons. The molecule has 1 unspecified atom stereocenters. The third kappa shape index (κ3) is 2.69. The molecule has 19 heavy (non-hydrogen) atoms. The first-order valence-corrected chi connectivity index (χ1v) is 7.01. The van der Waals surface area contributed by atoms with Crippen molar-refractivity contribution in [1.29, 1.82) is 0 Å². The van der Waals surface area contributed by atoms with Gasteiger partial charge in [-0.15, -0.1) is 0 Å². The Bertz CT molecular complexity index is 572. The minimum atomic E-state index is 0.0348. The Balaban J connectivity index is 1.75. The van der Waals surface area contributed by atoms with Crippen molar-refractivity contribution in [2.45, 2.75) is 38.6 Å². The SMILES string of the molecule is Cc1ccc(C(N)Cc2ccc3c(c2)CCC3)cn1. The smallest absolute Gasteiger partial charge is 0.0372 e. The summed E-state index contributed by atoms with van der Waals surface area (Å²) in [6.07, 6.45) is 6.55. The molecular weight excluding hydrogens is 232 g/mol. The van der Waals surface area contributed by atoms with Crippen molar-refractivity contribution in [2.24, 2.45) is 5.73 Å². The number of nitrogens with zero attached hydrogens (tertiary/aromatic N) is 1. The number of pyridine rings is 1. The highest BCUT2D eigenvalue weighted by Gasteiger charge is 2.13. The van der Waals surface area contributed by atoms with E-state index in [-0.39, 0.29) is 6.04 Å². The van der Waals surface area contributed by atoms with Crippen LogP contribution in [-0.2, 0) is 19.3 Å². The van der Waals surface area contributed by atoms with E-state index in [1.165, 1.54) is 36.0 Å². The van der Waals surface area contributed by atoms with Gasteiger partial charge in [0, 0.05) is 17.9 Å². The maximum Gasteiger partial charge on any atom is 0.0372 e. The molecule has 0 aliphatic heterocycles. The van der Waals surface area contributed by atoms with Crippen LogP contribution in [0.15, 0.2) is 36.5 Å². The van der Waals surface area contributed by atoms with Crippen molar-refractivity contribution in [3.05, 3.63) is 64.5 Å². The zero-order chi connectivity index (χ0) is 13.2. The first kappa shape index (κ1) is 12.4. The fourth-order valence-corrected chi connectivity index (χ4v) is 2.82. The Labute approximate surface area is 114 Å². The first-order chi connectivity index (χ1) is 9.22. The normalized spacial score (nSPS) is 15.3. The summed E-state index contributed by atoms with van der Waals surface area (Å²) in [6, 6.07) is 11.0. The molecule has 0 saturated carbocycles. The lowest BCUT2D eigenvalue weighted by molar-refractivity contribution is 0.716. The van der Waals surface area contributed by atoms with Gasteiger partial charge in [0.25, 0.3) is 0 Å². The van der Waals surface area contributed by atoms with E-state index in [2.05, 4.69) is 29.2 Å². The number of aromatic nitrogens is 1. The highest BCUT2D eigenvalue weighted by molar-refractivity contribution is 5.36. The molecule has 1 aliphatic rings. The maximum atomic E-state index is 6.28. The summed E-state index contributed by atoms with van der Waals surface area (Å²) in [6.45, 7) is 2.00. The van der Waals surface area contributed by atoms with Gasteiger partial charge in [-0.25, -0.2) is 0 Å². The van der Waals surface area contributed by atoms with Crippen LogP contribution < -0.4 is 5.73 Å². The zero-order valence-corrected chi connectivity index (χ0v) is 11.4. The van der Waals surface area contributed by atoms with Crippen molar-refractivity contribution < 1.29 is 0 Å². The molecule has 0 spiro atoms. The fraction of sp³-hybridized carbons (Fsp3) is 0.353. The van der Waals surface area contributed by atoms with Gasteiger partial charge in [-0.1, -0.05) is 24.3 Å². The molecule has 2 aromatic rings. The van der Waals surface area contributed by atoms with Gasteiger partial charge in [0.2, 0.25) is 0 Å². The first-order valence-electron chi connectivity index (χ1n) is 7.01. The van der Waals surface area contributed by atoms with Crippen molar-refractivity contribution in [2.75, 3.05) is 0 Å². The quantitative estimate of drug-likeness (QED) is 0.911. The van der Waals surface area contributed by atoms with E-state index in [1.807, 2.05) is 19.2 Å². The molecule has 1 aromatic heterocycles. The molecule has 2 nitrogen and oxygen atoms in total. The van der Waals surface area contributed by atoms with Crippen LogP contribution in [0.1, 0.15) is 40.4 Å². The highest BCUT2D eigenvalue weighted by atomic mass is 14.7. The summed E-state index contributed by atoms with van der Waals surface area (Å²) >= 11 is 0. The van der Waals surface area contributed by atoms with E-state index in [0.29, 0.717) is 0 Å². The molecule has 0 fully saturated rings. The molecule has 3 rings (SSSR count). The average Bonchev–Trinajstić information content (AvgIpc) is 2.87. The highest BCUT2D eigenvalue weighted by Crippen LogP contribution is 2.24. The molecule has 1 aromatic carbocycles. The predicted molar refractivity (Wildman–Crippen MR) is 78.1 cm³/mol. The van der Waals surface area contributed by atoms with Crippen LogP contribution in [0.4, 0.5) is 0 Å². The van der Waals surface area contributed by atoms with E-state index in [4.69, 9.17) is 5.73 Å². The number of aryl methyl sites for hydroxylation is 3. The van der Waals surface area contributed by atoms with Crippen LogP contribution in [0.2, 0.25) is 0 Å². The number of hydrogen-bond donors (Lipinski definition) is 1. The number of nitrogens with two attached hydrogens (primary N) is 1. The zero-order valence-electron chi connectivity index (χ0n) is 11.4. The minimum Gasteiger partial charge on any atom is -0.324 e. The lowest BCUT2D eigenvalue weighted by Gasteiger charge is -2.13. The van der Waals surface area contributed by atoms with Crippen LogP contribution in [-0.4, -0.2) is 4.98 Å². The molecule has 0 saturated heterocycles. The molecule has 1 aliphatic carbocycles. The second kappa shape index (κ2) is 5.14. The molecule has 1 heterocycles. The number of hydrogen-bond acceptors (Lipinski definition) is 2. The van der Waals surface area contributed by atoms with Crippen LogP contribution >= 0.6 is 0 Å². The van der Waals surface area contributed by atoms with Crippen LogP contribution in [0.5, 0.6) is 0 Å². The average molecular weight is 252 g/mol. The number of benzene rings is 1. The van der Waals surface area contributed by atoms with Gasteiger partial charge in [-0.3, -0.25) is 4.98 Å². The van der Waals surface area contributed by atoms with Gasteiger partial charge in [-0.05, 0) is 60.9 Å². The van der Waals surface area contributed by atoms with Crippen molar-refractivity contribution >= 4 is 0 Å². The molecule has 2 N–H and O–H groups in total. The van der Waals surface area contributed by atoms with Gasteiger partial charge < -0.3 is 5.73 Å². The van der Waals surface area contributed by atoms with Gasteiger partial charge in [0.05, 0.1) is 0 Å². The van der Waals surface area contributed by atoms with E-state index >= 15 is 0 Å². The van der Waals surface area contributed by atoms with Crippen LogP contribution in [0.3, 0.4) is 0 Å². The standard InChI is InChI=1S/C17H20N2/c1-12-5-7-16(11-19-12)17(18)10-13-6-8-14-3-2-4-15(14)9-13/h5-9,11,17H,2-4,10,18H2,1H3.